The normalized spacial score (nSPS) is 21.4. The van der Waals surface area contributed by atoms with E-state index >= 15 is 0 Å². The zero-order valence-electron chi connectivity index (χ0n) is 17.4. The third kappa shape index (κ3) is 4.54. The van der Waals surface area contributed by atoms with Gasteiger partial charge in [-0.1, -0.05) is 23.2 Å². The molecular weight excluding hydrogens is 506 g/mol. The van der Waals surface area contributed by atoms with Gasteiger partial charge in [0.2, 0.25) is 5.91 Å². The maximum absolute atomic E-state index is 13.2. The van der Waals surface area contributed by atoms with Gasteiger partial charge in [0.05, 0.1) is 12.2 Å². The Balaban J connectivity index is 1.51. The SMILES string of the molecule is Cn1ncc2c1CCCC2N1CCC(Cc2c(Cl)cc(OS(=O)(=O)C(F)(F)F)cc2Cl)C1=O. The van der Waals surface area contributed by atoms with Gasteiger partial charge in [0.15, 0.2) is 0 Å². The Hall–Kier alpha value is -1.98. The monoisotopic (exact) mass is 525 g/mol. The second-order valence-electron chi connectivity index (χ2n) is 8.15. The first-order valence-electron chi connectivity index (χ1n) is 10.2. The number of nitrogens with zero attached hydrogens (tertiary/aromatic N) is 3. The van der Waals surface area contributed by atoms with E-state index in [1.165, 1.54) is 0 Å². The number of benzene rings is 1. The van der Waals surface area contributed by atoms with Crippen molar-refractivity contribution in [1.29, 1.82) is 0 Å². The third-order valence-electron chi connectivity index (χ3n) is 6.13. The molecule has 1 aromatic carbocycles. The number of hydrogen-bond donors (Lipinski definition) is 0. The van der Waals surface area contributed by atoms with Gasteiger partial charge in [-0.3, -0.25) is 9.48 Å². The van der Waals surface area contributed by atoms with Crippen LogP contribution < -0.4 is 4.18 Å². The second kappa shape index (κ2) is 8.66. The number of hydrogen-bond acceptors (Lipinski definition) is 5. The number of carbonyl (C=O) groups is 1. The largest absolute Gasteiger partial charge is 0.534 e. The topological polar surface area (TPSA) is 81.5 Å². The Morgan fingerprint density at radius 1 is 1.21 bits per heavy atom. The molecule has 1 aliphatic carbocycles. The summed E-state index contributed by atoms with van der Waals surface area (Å²) in [6.07, 6.45) is 5.26. The van der Waals surface area contributed by atoms with Gasteiger partial charge in [0, 0.05) is 52.9 Å². The van der Waals surface area contributed by atoms with Crippen LogP contribution in [0.1, 0.15) is 42.1 Å². The number of amides is 1. The fourth-order valence-electron chi connectivity index (χ4n) is 4.51. The Morgan fingerprint density at radius 2 is 1.88 bits per heavy atom. The van der Waals surface area contributed by atoms with Crippen molar-refractivity contribution in [2.45, 2.75) is 43.7 Å². The third-order valence-corrected chi connectivity index (χ3v) is 7.78. The van der Waals surface area contributed by atoms with E-state index in [2.05, 4.69) is 9.28 Å². The molecule has 2 aromatic rings. The molecule has 2 aliphatic rings. The molecule has 7 nitrogen and oxygen atoms in total. The van der Waals surface area contributed by atoms with Gasteiger partial charge in [-0.05, 0) is 37.7 Å². The number of halogens is 5. The molecule has 1 aliphatic heterocycles. The molecule has 1 saturated heterocycles. The summed E-state index contributed by atoms with van der Waals surface area (Å²) < 4.78 is 66.1. The number of aryl methyl sites for hydroxylation is 1. The van der Waals surface area contributed by atoms with Gasteiger partial charge in [0.25, 0.3) is 0 Å². The first-order valence-corrected chi connectivity index (χ1v) is 12.4. The van der Waals surface area contributed by atoms with Gasteiger partial charge < -0.3 is 9.08 Å². The molecule has 1 aromatic heterocycles. The minimum absolute atomic E-state index is 0.0470. The fourth-order valence-corrected chi connectivity index (χ4v) is 5.58. The summed E-state index contributed by atoms with van der Waals surface area (Å²) in [7, 11) is -3.97. The molecule has 0 saturated carbocycles. The van der Waals surface area contributed by atoms with E-state index in [1.807, 2.05) is 16.6 Å². The quantitative estimate of drug-likeness (QED) is 0.426. The summed E-state index contributed by atoms with van der Waals surface area (Å²) in [4.78, 5) is 15.0. The summed E-state index contributed by atoms with van der Waals surface area (Å²) in [5.74, 6) is -1.12. The summed E-state index contributed by atoms with van der Waals surface area (Å²) in [6, 6.07) is 1.85. The van der Waals surface area contributed by atoms with Gasteiger partial charge in [-0.25, -0.2) is 0 Å². The molecule has 0 bridgehead atoms. The molecule has 33 heavy (non-hydrogen) atoms. The van der Waals surface area contributed by atoms with E-state index in [9.17, 15) is 26.4 Å². The van der Waals surface area contributed by atoms with E-state index in [0.29, 0.717) is 18.5 Å². The molecular formula is C20H20Cl2F3N3O4S. The van der Waals surface area contributed by atoms with Crippen LogP contribution in [0.15, 0.2) is 18.3 Å². The van der Waals surface area contributed by atoms with E-state index in [1.54, 1.807) is 6.20 Å². The van der Waals surface area contributed by atoms with Gasteiger partial charge in [0.1, 0.15) is 5.75 Å². The molecule has 1 fully saturated rings. The lowest BCUT2D eigenvalue weighted by Gasteiger charge is -2.31. The number of likely N-dealkylation sites (tertiary alicyclic amines) is 1. The molecule has 2 unspecified atom stereocenters. The van der Waals surface area contributed by atoms with Gasteiger partial charge in [-0.15, -0.1) is 0 Å². The molecule has 4 rings (SSSR count). The van der Waals surface area contributed by atoms with E-state index < -0.39 is 27.3 Å². The average Bonchev–Trinajstić information content (AvgIpc) is 3.26. The highest BCUT2D eigenvalue weighted by Crippen LogP contribution is 2.40. The number of fused-ring (bicyclic) bond motifs is 1. The van der Waals surface area contributed by atoms with Crippen molar-refractivity contribution >= 4 is 39.2 Å². The molecule has 13 heteroatoms. The lowest BCUT2D eigenvalue weighted by atomic mass is 9.91. The molecule has 0 N–H and O–H groups in total. The Labute approximate surface area is 198 Å². The summed E-state index contributed by atoms with van der Waals surface area (Å²) in [5, 5.41) is 4.17. The highest BCUT2D eigenvalue weighted by Gasteiger charge is 2.48. The molecule has 2 atom stereocenters. The van der Waals surface area contributed by atoms with Crippen LogP contribution in [0.5, 0.6) is 5.75 Å². The standard InChI is InChI=1S/C20H20Cl2F3N3O4S/c1-27-17-3-2-4-18(14(17)10-26-27)28-6-5-11(19(28)29)7-13-15(21)8-12(9-16(13)22)32-33(30,31)20(23,24)25/h8-11,18H,2-7H2,1H3. The minimum Gasteiger partial charge on any atom is -0.376 e. The predicted octanol–water partition coefficient (Wildman–Crippen LogP) is 4.42. The average molecular weight is 526 g/mol. The van der Waals surface area contributed by atoms with E-state index in [-0.39, 0.29) is 28.4 Å². The minimum atomic E-state index is -5.86. The molecule has 0 radical (unpaired) electrons. The van der Waals surface area contributed by atoms with Crippen LogP contribution in [0, 0.1) is 5.92 Å². The van der Waals surface area contributed by atoms with Crippen LogP contribution in [0.3, 0.4) is 0 Å². The van der Waals surface area contributed by atoms with Gasteiger partial charge >= 0.3 is 15.6 Å². The second-order valence-corrected chi connectivity index (χ2v) is 10.5. The Morgan fingerprint density at radius 3 is 2.52 bits per heavy atom. The number of alkyl halides is 3. The molecule has 0 spiro atoms. The van der Waals surface area contributed by atoms with Crippen molar-refractivity contribution < 1.29 is 30.6 Å². The summed E-state index contributed by atoms with van der Waals surface area (Å²) in [6.45, 7) is 0.558. The van der Waals surface area contributed by atoms with Crippen LogP contribution in [-0.4, -0.2) is 41.1 Å². The van der Waals surface area contributed by atoms with Crippen LogP contribution >= 0.6 is 23.2 Å². The lowest BCUT2D eigenvalue weighted by Crippen LogP contribution is -2.34. The Kier molecular flexibility index (Phi) is 6.34. The van der Waals surface area contributed by atoms with Crippen molar-refractivity contribution in [3.05, 3.63) is 45.2 Å². The fraction of sp³-hybridized carbons (Fsp3) is 0.500. The van der Waals surface area contributed by atoms with Crippen LogP contribution in [0.2, 0.25) is 10.0 Å². The molecule has 180 valence electrons. The van der Waals surface area contributed by atoms with E-state index in [0.717, 1.165) is 42.7 Å². The van der Waals surface area contributed by atoms with Crippen molar-refractivity contribution in [2.75, 3.05) is 6.54 Å². The first-order chi connectivity index (χ1) is 15.4. The summed E-state index contributed by atoms with van der Waals surface area (Å²) in [5.41, 5.74) is -3.06. The highest BCUT2D eigenvalue weighted by atomic mass is 35.5. The first kappa shape index (κ1) is 24.2. The number of rotatable bonds is 5. The number of aromatic nitrogens is 2. The Bertz CT molecular complexity index is 1180. The van der Waals surface area contributed by atoms with Gasteiger partial charge in [-0.2, -0.15) is 26.7 Å². The van der Waals surface area contributed by atoms with Crippen LogP contribution in [-0.2, 0) is 34.8 Å². The lowest BCUT2D eigenvalue weighted by molar-refractivity contribution is -0.133. The maximum atomic E-state index is 13.2. The summed E-state index contributed by atoms with van der Waals surface area (Å²) >= 11 is 12.4. The maximum Gasteiger partial charge on any atom is 0.534 e. The van der Waals surface area contributed by atoms with Crippen molar-refractivity contribution in [3.63, 3.8) is 0 Å². The van der Waals surface area contributed by atoms with Crippen LogP contribution in [0.25, 0.3) is 0 Å². The zero-order valence-corrected chi connectivity index (χ0v) is 19.7. The number of carbonyl (C=O) groups excluding carboxylic acids is 1. The smallest absolute Gasteiger partial charge is 0.376 e. The zero-order chi connectivity index (χ0) is 24.1. The van der Waals surface area contributed by atoms with Crippen molar-refractivity contribution in [1.82, 2.24) is 14.7 Å². The predicted molar refractivity (Wildman–Crippen MR) is 114 cm³/mol. The van der Waals surface area contributed by atoms with Crippen molar-refractivity contribution in [3.8, 4) is 5.75 Å². The van der Waals surface area contributed by atoms with E-state index in [4.69, 9.17) is 23.2 Å². The molecule has 1 amide bonds. The van der Waals surface area contributed by atoms with Crippen LogP contribution in [0.4, 0.5) is 13.2 Å². The van der Waals surface area contributed by atoms with Crippen molar-refractivity contribution in [2.24, 2.45) is 13.0 Å². The molecule has 2 heterocycles. The highest BCUT2D eigenvalue weighted by molar-refractivity contribution is 7.88.